The van der Waals surface area contributed by atoms with Gasteiger partial charge in [-0.1, -0.05) is 30.3 Å². The summed E-state index contributed by atoms with van der Waals surface area (Å²) < 4.78 is 28.8. The molecule has 3 rings (SSSR count). The van der Waals surface area contributed by atoms with Crippen LogP contribution in [0.2, 0.25) is 0 Å². The van der Waals surface area contributed by atoms with Crippen LogP contribution in [0.25, 0.3) is 0 Å². The summed E-state index contributed by atoms with van der Waals surface area (Å²) in [6.07, 6.45) is 6.63. The summed E-state index contributed by atoms with van der Waals surface area (Å²) in [7, 11) is -3.22. The molecule has 1 aliphatic rings. The van der Waals surface area contributed by atoms with Gasteiger partial charge >= 0.3 is 0 Å². The average molecular weight is 348 g/mol. The quantitative estimate of drug-likeness (QED) is 0.759. The van der Waals surface area contributed by atoms with Crippen LogP contribution in [0.5, 0.6) is 0 Å². The van der Waals surface area contributed by atoms with Crippen molar-refractivity contribution in [1.29, 1.82) is 0 Å². The van der Waals surface area contributed by atoms with Gasteiger partial charge in [0.25, 0.3) is 0 Å². The minimum absolute atomic E-state index is 0.0917. The lowest BCUT2D eigenvalue weighted by atomic mass is 10.2. The molecule has 1 fully saturated rings. The van der Waals surface area contributed by atoms with E-state index in [1.54, 1.807) is 10.5 Å². The lowest BCUT2D eigenvalue weighted by Gasteiger charge is -2.34. The number of imidazole rings is 1. The van der Waals surface area contributed by atoms with E-state index in [1.165, 1.54) is 0 Å². The summed E-state index contributed by atoms with van der Waals surface area (Å²) in [5, 5.41) is 0. The third-order valence-corrected chi connectivity index (χ3v) is 6.22. The van der Waals surface area contributed by atoms with Crippen LogP contribution in [0, 0.1) is 0 Å². The molecule has 0 unspecified atom stereocenters. The number of hydrogen-bond acceptors (Lipinski definition) is 4. The highest BCUT2D eigenvalue weighted by molar-refractivity contribution is 7.88. The van der Waals surface area contributed by atoms with Crippen molar-refractivity contribution in [2.45, 2.75) is 18.7 Å². The molecule has 0 atom stereocenters. The van der Waals surface area contributed by atoms with Crippen molar-refractivity contribution in [3.05, 3.63) is 54.6 Å². The second kappa shape index (κ2) is 7.92. The van der Waals surface area contributed by atoms with E-state index in [0.29, 0.717) is 13.1 Å². The molecule has 0 radical (unpaired) electrons. The van der Waals surface area contributed by atoms with Gasteiger partial charge in [0, 0.05) is 45.1 Å². The van der Waals surface area contributed by atoms with Gasteiger partial charge < -0.3 is 9.47 Å². The van der Waals surface area contributed by atoms with Gasteiger partial charge in [-0.05, 0) is 18.5 Å². The number of hydrogen-bond donors (Lipinski definition) is 0. The lowest BCUT2D eigenvalue weighted by molar-refractivity contribution is 0.184. The maximum atomic E-state index is 12.5. The van der Waals surface area contributed by atoms with Crippen molar-refractivity contribution < 1.29 is 8.42 Å². The normalized spacial score (nSPS) is 17.2. The van der Waals surface area contributed by atoms with Crippen LogP contribution >= 0.6 is 0 Å². The molecular weight excluding hydrogens is 324 g/mol. The number of piperazine rings is 1. The number of aryl methyl sites for hydroxylation is 1. The van der Waals surface area contributed by atoms with E-state index in [1.807, 2.05) is 42.9 Å². The van der Waals surface area contributed by atoms with E-state index in [0.717, 1.165) is 38.2 Å². The Morgan fingerprint density at radius 1 is 1.00 bits per heavy atom. The first kappa shape index (κ1) is 17.1. The Morgan fingerprint density at radius 3 is 2.42 bits per heavy atom. The molecule has 6 nitrogen and oxygen atoms in total. The van der Waals surface area contributed by atoms with Crippen molar-refractivity contribution in [3.8, 4) is 0 Å². The second-order valence-corrected chi connectivity index (χ2v) is 8.11. The minimum Gasteiger partial charge on any atom is -0.337 e. The van der Waals surface area contributed by atoms with E-state index in [9.17, 15) is 8.42 Å². The molecule has 24 heavy (non-hydrogen) atoms. The highest BCUT2D eigenvalue weighted by atomic mass is 32.2. The summed E-state index contributed by atoms with van der Waals surface area (Å²) in [5.41, 5.74) is 0.847. The van der Waals surface area contributed by atoms with Crippen molar-refractivity contribution in [2.75, 3.05) is 32.7 Å². The van der Waals surface area contributed by atoms with Crippen LogP contribution in [0.4, 0.5) is 0 Å². The fraction of sp³-hybridized carbons (Fsp3) is 0.471. The zero-order chi connectivity index (χ0) is 16.8. The summed E-state index contributed by atoms with van der Waals surface area (Å²) in [6, 6.07) is 9.39. The molecule has 2 heterocycles. The van der Waals surface area contributed by atoms with Gasteiger partial charge in [-0.2, -0.15) is 4.31 Å². The molecule has 1 aliphatic heterocycles. The first-order valence-electron chi connectivity index (χ1n) is 8.33. The van der Waals surface area contributed by atoms with Crippen LogP contribution in [0.3, 0.4) is 0 Å². The summed E-state index contributed by atoms with van der Waals surface area (Å²) >= 11 is 0. The maximum Gasteiger partial charge on any atom is 0.218 e. The Labute approximate surface area is 143 Å². The first-order valence-corrected chi connectivity index (χ1v) is 9.94. The van der Waals surface area contributed by atoms with Crippen LogP contribution < -0.4 is 0 Å². The van der Waals surface area contributed by atoms with Gasteiger partial charge in [-0.25, -0.2) is 13.4 Å². The minimum atomic E-state index is -3.22. The molecule has 1 aromatic carbocycles. The predicted molar refractivity (Wildman–Crippen MR) is 93.9 cm³/mol. The summed E-state index contributed by atoms with van der Waals surface area (Å²) in [5.74, 6) is 0.0917. The number of aromatic nitrogens is 2. The molecular formula is C17H24N4O2S. The number of sulfonamides is 1. The highest BCUT2D eigenvalue weighted by Gasteiger charge is 2.26. The van der Waals surface area contributed by atoms with E-state index in [2.05, 4.69) is 14.5 Å². The Bertz CT molecular complexity index is 708. The fourth-order valence-electron chi connectivity index (χ4n) is 3.00. The molecule has 2 aromatic rings. The largest absolute Gasteiger partial charge is 0.337 e. The zero-order valence-corrected chi connectivity index (χ0v) is 14.6. The zero-order valence-electron chi connectivity index (χ0n) is 13.8. The topological polar surface area (TPSA) is 58.4 Å². The third-order valence-electron chi connectivity index (χ3n) is 4.37. The van der Waals surface area contributed by atoms with Gasteiger partial charge in [0.2, 0.25) is 10.0 Å². The second-order valence-electron chi connectivity index (χ2n) is 6.14. The smallest absolute Gasteiger partial charge is 0.218 e. The Kier molecular flexibility index (Phi) is 5.65. The Hall–Kier alpha value is -1.70. The standard InChI is InChI=1S/C17H24N4O2S/c22-24(23,15-17-5-2-1-3-6-17)21-13-11-19(12-14-21)8-4-9-20-10-7-18-16-20/h1-3,5-7,10,16H,4,8-9,11-15H2. The predicted octanol–water partition coefficient (Wildman–Crippen LogP) is 1.42. The Morgan fingerprint density at radius 2 is 1.75 bits per heavy atom. The first-order chi connectivity index (χ1) is 11.6. The molecule has 1 aromatic heterocycles. The van der Waals surface area contributed by atoms with Crippen LogP contribution in [-0.2, 0) is 22.3 Å². The molecule has 0 bridgehead atoms. The summed E-state index contributed by atoms with van der Waals surface area (Å²) in [6.45, 7) is 4.72. The van der Waals surface area contributed by atoms with E-state index in [-0.39, 0.29) is 5.75 Å². The lowest BCUT2D eigenvalue weighted by Crippen LogP contribution is -2.49. The molecule has 130 valence electrons. The average Bonchev–Trinajstić information content (AvgIpc) is 3.09. The van der Waals surface area contributed by atoms with Crippen LogP contribution in [-0.4, -0.2) is 59.9 Å². The van der Waals surface area contributed by atoms with E-state index in [4.69, 9.17) is 0 Å². The number of rotatable bonds is 7. The van der Waals surface area contributed by atoms with E-state index >= 15 is 0 Å². The van der Waals surface area contributed by atoms with Crippen molar-refractivity contribution in [2.24, 2.45) is 0 Å². The molecule has 7 heteroatoms. The molecule has 0 aliphatic carbocycles. The third kappa shape index (κ3) is 4.66. The van der Waals surface area contributed by atoms with Crippen molar-refractivity contribution in [3.63, 3.8) is 0 Å². The molecule has 1 saturated heterocycles. The SMILES string of the molecule is O=S(=O)(Cc1ccccc1)N1CCN(CCCn2ccnc2)CC1. The van der Waals surface area contributed by atoms with Gasteiger partial charge in [-0.3, -0.25) is 0 Å². The van der Waals surface area contributed by atoms with Gasteiger partial charge in [-0.15, -0.1) is 0 Å². The molecule has 0 amide bonds. The molecule has 0 saturated carbocycles. The van der Waals surface area contributed by atoms with Gasteiger partial charge in [0.05, 0.1) is 12.1 Å². The number of nitrogens with zero attached hydrogens (tertiary/aromatic N) is 4. The van der Waals surface area contributed by atoms with E-state index < -0.39 is 10.0 Å². The highest BCUT2D eigenvalue weighted by Crippen LogP contribution is 2.13. The number of benzene rings is 1. The molecule has 0 spiro atoms. The van der Waals surface area contributed by atoms with Crippen LogP contribution in [0.15, 0.2) is 49.1 Å². The molecule has 0 N–H and O–H groups in total. The monoisotopic (exact) mass is 348 g/mol. The van der Waals surface area contributed by atoms with Gasteiger partial charge in [0.1, 0.15) is 0 Å². The Balaban J connectivity index is 1.44. The van der Waals surface area contributed by atoms with Crippen LogP contribution in [0.1, 0.15) is 12.0 Å². The van der Waals surface area contributed by atoms with Crippen molar-refractivity contribution in [1.82, 2.24) is 18.8 Å². The maximum absolute atomic E-state index is 12.5. The summed E-state index contributed by atoms with van der Waals surface area (Å²) in [4.78, 5) is 6.37. The fourth-order valence-corrected chi connectivity index (χ4v) is 4.52. The van der Waals surface area contributed by atoms with Gasteiger partial charge in [0.15, 0.2) is 0 Å². The van der Waals surface area contributed by atoms with Crippen molar-refractivity contribution >= 4 is 10.0 Å².